The number of carboxylic acids is 1. The van der Waals surface area contributed by atoms with E-state index in [4.69, 9.17) is 21.4 Å². The van der Waals surface area contributed by atoms with E-state index in [0.717, 1.165) is 5.56 Å². The van der Waals surface area contributed by atoms with Gasteiger partial charge in [0.15, 0.2) is 0 Å². The monoisotopic (exact) mass is 263 g/mol. The van der Waals surface area contributed by atoms with E-state index in [0.29, 0.717) is 17.4 Å². The molecule has 0 amide bonds. The van der Waals surface area contributed by atoms with Crippen molar-refractivity contribution in [3.8, 4) is 5.75 Å². The molecule has 1 heterocycles. The molecule has 2 aromatic rings. The lowest BCUT2D eigenvalue weighted by Crippen LogP contribution is -1.99. The van der Waals surface area contributed by atoms with Crippen molar-refractivity contribution in [1.29, 1.82) is 0 Å². The van der Waals surface area contributed by atoms with E-state index in [-0.39, 0.29) is 5.56 Å². The summed E-state index contributed by atoms with van der Waals surface area (Å²) in [7, 11) is 0. The van der Waals surface area contributed by atoms with Crippen LogP contribution in [0, 0.1) is 0 Å². The van der Waals surface area contributed by atoms with Crippen LogP contribution in [-0.4, -0.2) is 16.1 Å². The Kier molecular flexibility index (Phi) is 3.79. The van der Waals surface area contributed by atoms with Crippen LogP contribution in [0.1, 0.15) is 15.9 Å². The minimum atomic E-state index is -1.04. The van der Waals surface area contributed by atoms with Crippen molar-refractivity contribution in [2.24, 2.45) is 0 Å². The van der Waals surface area contributed by atoms with Gasteiger partial charge >= 0.3 is 5.97 Å². The Bertz CT molecular complexity index is 557. The summed E-state index contributed by atoms with van der Waals surface area (Å²) in [5.41, 5.74) is 1.05. The van der Waals surface area contributed by atoms with Gasteiger partial charge in [-0.2, -0.15) is 0 Å². The fourth-order valence-electron chi connectivity index (χ4n) is 1.42. The fraction of sp³-hybridized carbons (Fsp3) is 0.0769. The van der Waals surface area contributed by atoms with Crippen molar-refractivity contribution in [2.75, 3.05) is 0 Å². The number of pyridine rings is 1. The van der Waals surface area contributed by atoms with Crippen LogP contribution in [0.5, 0.6) is 5.75 Å². The Balaban J connectivity index is 2.12. The quantitative estimate of drug-likeness (QED) is 0.921. The lowest BCUT2D eigenvalue weighted by atomic mass is 10.2. The molecule has 1 N–H and O–H groups in total. The molecule has 1 aromatic carbocycles. The molecule has 0 unspecified atom stereocenters. The number of rotatable bonds is 4. The van der Waals surface area contributed by atoms with Crippen LogP contribution in [-0.2, 0) is 6.61 Å². The highest BCUT2D eigenvalue weighted by Gasteiger charge is 2.07. The molecular weight excluding hydrogens is 254 g/mol. The highest BCUT2D eigenvalue weighted by atomic mass is 35.5. The van der Waals surface area contributed by atoms with Gasteiger partial charge in [0.25, 0.3) is 0 Å². The Labute approximate surface area is 109 Å². The summed E-state index contributed by atoms with van der Waals surface area (Å²) >= 11 is 5.82. The molecule has 1 aromatic heterocycles. The van der Waals surface area contributed by atoms with E-state index in [1.54, 1.807) is 18.5 Å². The van der Waals surface area contributed by atoms with Crippen molar-refractivity contribution < 1.29 is 14.6 Å². The number of halogens is 1. The number of ether oxygens (including phenoxy) is 1. The van der Waals surface area contributed by atoms with Gasteiger partial charge in [0.2, 0.25) is 0 Å². The summed E-state index contributed by atoms with van der Waals surface area (Å²) < 4.78 is 5.49. The third kappa shape index (κ3) is 3.21. The maximum Gasteiger partial charge on any atom is 0.335 e. The number of benzene rings is 1. The van der Waals surface area contributed by atoms with E-state index in [1.807, 2.05) is 12.1 Å². The maximum atomic E-state index is 10.9. The topological polar surface area (TPSA) is 59.4 Å². The van der Waals surface area contributed by atoms with Crippen molar-refractivity contribution >= 4 is 17.6 Å². The smallest absolute Gasteiger partial charge is 0.335 e. The Morgan fingerprint density at radius 2 is 2.00 bits per heavy atom. The largest absolute Gasteiger partial charge is 0.489 e. The molecule has 0 bridgehead atoms. The maximum absolute atomic E-state index is 10.9. The van der Waals surface area contributed by atoms with Crippen LogP contribution in [0.25, 0.3) is 0 Å². The SMILES string of the molecule is O=C(O)c1cc(Cl)cc(OCc2ccncc2)c1. The zero-order valence-electron chi connectivity index (χ0n) is 9.34. The molecule has 0 spiro atoms. The average molecular weight is 264 g/mol. The molecule has 0 aliphatic rings. The molecule has 5 heteroatoms. The first kappa shape index (κ1) is 12.4. The van der Waals surface area contributed by atoms with Crippen molar-refractivity contribution in [2.45, 2.75) is 6.61 Å². The number of hydrogen-bond acceptors (Lipinski definition) is 3. The summed E-state index contributed by atoms with van der Waals surface area (Å²) in [6, 6.07) is 8.04. The molecule has 92 valence electrons. The van der Waals surface area contributed by atoms with Crippen molar-refractivity contribution in [3.05, 3.63) is 58.9 Å². The number of carboxylic acid groups (broad SMARTS) is 1. The van der Waals surface area contributed by atoms with Gasteiger partial charge in [0.05, 0.1) is 5.56 Å². The van der Waals surface area contributed by atoms with Crippen LogP contribution in [0.4, 0.5) is 0 Å². The van der Waals surface area contributed by atoms with Crippen LogP contribution < -0.4 is 4.74 Å². The first-order valence-electron chi connectivity index (χ1n) is 5.21. The first-order chi connectivity index (χ1) is 8.65. The zero-order chi connectivity index (χ0) is 13.0. The minimum Gasteiger partial charge on any atom is -0.489 e. The van der Waals surface area contributed by atoms with Gasteiger partial charge in [-0.1, -0.05) is 11.6 Å². The molecule has 0 saturated heterocycles. The predicted octanol–water partition coefficient (Wildman–Crippen LogP) is 3.01. The number of hydrogen-bond donors (Lipinski definition) is 1. The van der Waals surface area contributed by atoms with Crippen molar-refractivity contribution in [3.63, 3.8) is 0 Å². The van der Waals surface area contributed by atoms with E-state index < -0.39 is 5.97 Å². The van der Waals surface area contributed by atoms with Gasteiger partial charge in [-0.3, -0.25) is 4.98 Å². The summed E-state index contributed by atoms with van der Waals surface area (Å²) in [5.74, 6) is -0.608. The summed E-state index contributed by atoms with van der Waals surface area (Å²) in [5, 5.41) is 9.23. The molecule has 4 nitrogen and oxygen atoms in total. The van der Waals surface area contributed by atoms with Gasteiger partial charge in [-0.05, 0) is 35.9 Å². The van der Waals surface area contributed by atoms with Gasteiger partial charge in [0, 0.05) is 17.4 Å². The molecule has 0 aliphatic carbocycles. The van der Waals surface area contributed by atoms with Crippen LogP contribution in [0.15, 0.2) is 42.7 Å². The molecule has 0 radical (unpaired) electrons. The second-order valence-corrected chi connectivity index (χ2v) is 4.06. The molecule has 0 atom stereocenters. The third-order valence-electron chi connectivity index (χ3n) is 2.27. The Morgan fingerprint density at radius 3 is 2.67 bits per heavy atom. The standard InChI is InChI=1S/C13H10ClNO3/c14-11-5-10(13(16)17)6-12(7-11)18-8-9-1-3-15-4-2-9/h1-7H,8H2,(H,16,17). The summed E-state index contributed by atoms with van der Waals surface area (Å²) in [6.07, 6.45) is 3.33. The highest BCUT2D eigenvalue weighted by molar-refractivity contribution is 6.31. The highest BCUT2D eigenvalue weighted by Crippen LogP contribution is 2.22. The summed E-state index contributed by atoms with van der Waals surface area (Å²) in [4.78, 5) is 14.8. The number of carbonyl (C=O) groups is 1. The van der Waals surface area contributed by atoms with E-state index in [1.165, 1.54) is 12.1 Å². The lowest BCUT2D eigenvalue weighted by molar-refractivity contribution is 0.0696. The third-order valence-corrected chi connectivity index (χ3v) is 2.49. The van der Waals surface area contributed by atoms with E-state index in [2.05, 4.69) is 4.98 Å². The minimum absolute atomic E-state index is 0.104. The van der Waals surface area contributed by atoms with Crippen LogP contribution >= 0.6 is 11.6 Å². The molecule has 2 rings (SSSR count). The van der Waals surface area contributed by atoms with Gasteiger partial charge < -0.3 is 9.84 Å². The fourth-order valence-corrected chi connectivity index (χ4v) is 1.64. The molecule has 18 heavy (non-hydrogen) atoms. The average Bonchev–Trinajstić information content (AvgIpc) is 2.37. The predicted molar refractivity (Wildman–Crippen MR) is 67.0 cm³/mol. The van der Waals surface area contributed by atoms with Gasteiger partial charge in [-0.15, -0.1) is 0 Å². The molecule has 0 fully saturated rings. The number of aromatic carboxylic acids is 1. The molecule has 0 aliphatic heterocycles. The second-order valence-electron chi connectivity index (χ2n) is 3.62. The lowest BCUT2D eigenvalue weighted by Gasteiger charge is -2.07. The normalized spacial score (nSPS) is 10.1. The number of aromatic nitrogens is 1. The molecule has 0 saturated carbocycles. The van der Waals surface area contributed by atoms with E-state index >= 15 is 0 Å². The Hall–Kier alpha value is -2.07. The second kappa shape index (κ2) is 5.51. The first-order valence-corrected chi connectivity index (χ1v) is 5.58. The van der Waals surface area contributed by atoms with Crippen LogP contribution in [0.3, 0.4) is 0 Å². The summed E-state index contributed by atoms with van der Waals surface area (Å²) in [6.45, 7) is 0.335. The molecular formula is C13H10ClNO3. The van der Waals surface area contributed by atoms with Crippen molar-refractivity contribution in [1.82, 2.24) is 4.98 Å². The Morgan fingerprint density at radius 1 is 1.28 bits per heavy atom. The van der Waals surface area contributed by atoms with Gasteiger partial charge in [0.1, 0.15) is 12.4 Å². The number of nitrogens with zero attached hydrogens (tertiary/aromatic N) is 1. The zero-order valence-corrected chi connectivity index (χ0v) is 10.1. The van der Waals surface area contributed by atoms with E-state index in [9.17, 15) is 4.79 Å². The van der Waals surface area contributed by atoms with Crippen LogP contribution in [0.2, 0.25) is 5.02 Å². The van der Waals surface area contributed by atoms with Gasteiger partial charge in [-0.25, -0.2) is 4.79 Å².